The Morgan fingerprint density at radius 1 is 1.05 bits per heavy atom. The number of tetrazole rings is 1. The van der Waals surface area contributed by atoms with Gasteiger partial charge in [-0.3, -0.25) is 0 Å². The van der Waals surface area contributed by atoms with Crippen LogP contribution in [0.3, 0.4) is 0 Å². The second-order valence-corrected chi connectivity index (χ2v) is 5.05. The monoisotopic (exact) mass is 279 g/mol. The molecule has 0 aliphatic carbocycles. The highest BCUT2D eigenvalue weighted by Gasteiger charge is 2.09. The van der Waals surface area contributed by atoms with Gasteiger partial charge in [0.25, 0.3) is 0 Å². The molecule has 3 aromatic rings. The normalized spacial score (nSPS) is 10.8. The van der Waals surface area contributed by atoms with Gasteiger partial charge in [-0.25, -0.2) is 4.68 Å². The molecular weight excluding hydrogens is 262 g/mol. The van der Waals surface area contributed by atoms with Gasteiger partial charge in [0, 0.05) is 12.1 Å². The van der Waals surface area contributed by atoms with Gasteiger partial charge in [-0.15, -0.1) is 5.10 Å². The van der Waals surface area contributed by atoms with E-state index < -0.39 is 0 Å². The van der Waals surface area contributed by atoms with Crippen LogP contribution in [0.15, 0.2) is 48.5 Å². The number of aromatic nitrogens is 4. The van der Waals surface area contributed by atoms with E-state index in [1.165, 1.54) is 5.56 Å². The molecule has 1 aromatic heterocycles. The van der Waals surface area contributed by atoms with E-state index in [4.69, 9.17) is 5.73 Å². The third kappa shape index (κ3) is 2.98. The van der Waals surface area contributed by atoms with E-state index in [1.807, 2.05) is 28.9 Å². The Balaban J connectivity index is 1.88. The highest BCUT2D eigenvalue weighted by atomic mass is 15.5. The number of nitrogens with two attached hydrogens (primary N) is 1. The van der Waals surface area contributed by atoms with E-state index in [1.54, 1.807) is 0 Å². The van der Waals surface area contributed by atoms with Crippen LogP contribution in [0.2, 0.25) is 0 Å². The van der Waals surface area contributed by atoms with Gasteiger partial charge in [0.1, 0.15) is 0 Å². The molecule has 21 heavy (non-hydrogen) atoms. The molecule has 0 amide bonds. The van der Waals surface area contributed by atoms with Crippen LogP contribution >= 0.6 is 0 Å². The smallest absolute Gasteiger partial charge is 0.182 e. The van der Waals surface area contributed by atoms with Crippen LogP contribution in [-0.4, -0.2) is 20.2 Å². The summed E-state index contributed by atoms with van der Waals surface area (Å²) < 4.78 is 1.81. The summed E-state index contributed by atoms with van der Waals surface area (Å²) in [6.45, 7) is 3.25. The third-order valence-electron chi connectivity index (χ3n) is 3.40. The first-order chi connectivity index (χ1) is 10.3. The molecule has 5 nitrogen and oxygen atoms in total. The summed E-state index contributed by atoms with van der Waals surface area (Å²) in [4.78, 5) is 0. The summed E-state index contributed by atoms with van der Waals surface area (Å²) >= 11 is 0. The van der Waals surface area contributed by atoms with E-state index in [-0.39, 0.29) is 0 Å². The molecule has 0 bridgehead atoms. The zero-order chi connectivity index (χ0) is 14.7. The van der Waals surface area contributed by atoms with Gasteiger partial charge in [-0.05, 0) is 34.5 Å². The molecule has 3 rings (SSSR count). The SMILES string of the molecule is Cc1cccc(-c2nnnn2Cc2ccc(CN)cc2)c1. The lowest BCUT2D eigenvalue weighted by Gasteiger charge is -2.06. The summed E-state index contributed by atoms with van der Waals surface area (Å²) in [6.07, 6.45) is 0. The lowest BCUT2D eigenvalue weighted by Crippen LogP contribution is -2.05. The van der Waals surface area contributed by atoms with Crippen molar-refractivity contribution in [3.05, 3.63) is 65.2 Å². The Morgan fingerprint density at radius 2 is 1.81 bits per heavy atom. The molecule has 0 atom stereocenters. The fourth-order valence-electron chi connectivity index (χ4n) is 2.26. The van der Waals surface area contributed by atoms with Gasteiger partial charge in [0.2, 0.25) is 0 Å². The quantitative estimate of drug-likeness (QED) is 0.794. The van der Waals surface area contributed by atoms with Crippen LogP contribution in [0.1, 0.15) is 16.7 Å². The fraction of sp³-hybridized carbons (Fsp3) is 0.188. The highest BCUT2D eigenvalue weighted by molar-refractivity contribution is 5.55. The molecule has 0 aliphatic rings. The number of nitrogens with zero attached hydrogens (tertiary/aromatic N) is 4. The molecule has 1 heterocycles. The second kappa shape index (κ2) is 5.85. The van der Waals surface area contributed by atoms with E-state index in [9.17, 15) is 0 Å². The van der Waals surface area contributed by atoms with Crippen molar-refractivity contribution in [3.63, 3.8) is 0 Å². The topological polar surface area (TPSA) is 69.6 Å². The van der Waals surface area contributed by atoms with E-state index >= 15 is 0 Å². The number of aryl methyl sites for hydroxylation is 1. The maximum absolute atomic E-state index is 5.61. The van der Waals surface area contributed by atoms with Crippen LogP contribution in [0, 0.1) is 6.92 Å². The van der Waals surface area contributed by atoms with Crippen LogP contribution in [0.4, 0.5) is 0 Å². The average Bonchev–Trinajstić information content (AvgIpc) is 2.96. The van der Waals surface area contributed by atoms with Crippen molar-refractivity contribution < 1.29 is 0 Å². The van der Waals surface area contributed by atoms with E-state index in [2.05, 4.69) is 46.7 Å². The minimum Gasteiger partial charge on any atom is -0.326 e. The zero-order valence-electron chi connectivity index (χ0n) is 11.9. The van der Waals surface area contributed by atoms with Crippen molar-refractivity contribution >= 4 is 0 Å². The number of rotatable bonds is 4. The maximum Gasteiger partial charge on any atom is 0.182 e. The molecule has 106 valence electrons. The summed E-state index contributed by atoms with van der Waals surface area (Å²) in [7, 11) is 0. The largest absolute Gasteiger partial charge is 0.326 e. The van der Waals surface area contributed by atoms with Crippen molar-refractivity contribution in [3.8, 4) is 11.4 Å². The molecule has 0 saturated heterocycles. The maximum atomic E-state index is 5.61. The number of hydrogen-bond donors (Lipinski definition) is 1. The summed E-state index contributed by atoms with van der Waals surface area (Å²) in [6, 6.07) is 16.4. The van der Waals surface area contributed by atoms with E-state index in [0.29, 0.717) is 13.1 Å². The van der Waals surface area contributed by atoms with Gasteiger partial charge in [-0.1, -0.05) is 48.0 Å². The standard InChI is InChI=1S/C16H17N5/c1-12-3-2-4-15(9-12)16-18-19-20-21(16)11-14-7-5-13(10-17)6-8-14/h2-9H,10-11,17H2,1H3. The lowest BCUT2D eigenvalue weighted by molar-refractivity contribution is 0.653. The molecule has 0 spiro atoms. The molecule has 0 aliphatic heterocycles. The van der Waals surface area contributed by atoms with Crippen LogP contribution < -0.4 is 5.73 Å². The Bertz CT molecular complexity index is 730. The summed E-state index contributed by atoms with van der Waals surface area (Å²) in [5, 5.41) is 12.0. The fourth-order valence-corrected chi connectivity index (χ4v) is 2.26. The molecule has 0 unspecified atom stereocenters. The van der Waals surface area contributed by atoms with Gasteiger partial charge in [-0.2, -0.15) is 0 Å². The molecule has 0 saturated carbocycles. The number of benzene rings is 2. The van der Waals surface area contributed by atoms with Crippen LogP contribution in [0.25, 0.3) is 11.4 Å². The number of hydrogen-bond acceptors (Lipinski definition) is 4. The van der Waals surface area contributed by atoms with Crippen LogP contribution in [0.5, 0.6) is 0 Å². The molecule has 0 fully saturated rings. The summed E-state index contributed by atoms with van der Waals surface area (Å²) in [5.74, 6) is 0.779. The minimum absolute atomic E-state index is 0.555. The molecular formula is C16H17N5. The predicted octanol–water partition coefficient (Wildman–Crippen LogP) is 2.16. The van der Waals surface area contributed by atoms with Crippen molar-refractivity contribution in [2.75, 3.05) is 0 Å². The molecule has 2 aromatic carbocycles. The Morgan fingerprint density at radius 3 is 2.52 bits per heavy atom. The van der Waals surface area contributed by atoms with Gasteiger partial charge in [0.15, 0.2) is 5.82 Å². The van der Waals surface area contributed by atoms with Gasteiger partial charge in [0.05, 0.1) is 6.54 Å². The van der Waals surface area contributed by atoms with Crippen molar-refractivity contribution in [1.82, 2.24) is 20.2 Å². The summed E-state index contributed by atoms with van der Waals surface area (Å²) in [5.41, 5.74) is 10.1. The van der Waals surface area contributed by atoms with Crippen LogP contribution in [-0.2, 0) is 13.1 Å². The molecule has 2 N–H and O–H groups in total. The highest BCUT2D eigenvalue weighted by Crippen LogP contribution is 2.18. The van der Waals surface area contributed by atoms with E-state index in [0.717, 1.165) is 22.5 Å². The average molecular weight is 279 g/mol. The molecule has 5 heteroatoms. The zero-order valence-corrected chi connectivity index (χ0v) is 11.9. The van der Waals surface area contributed by atoms with Crippen molar-refractivity contribution in [1.29, 1.82) is 0 Å². The molecule has 0 radical (unpaired) electrons. The Hall–Kier alpha value is -2.53. The van der Waals surface area contributed by atoms with Gasteiger partial charge < -0.3 is 5.73 Å². The first kappa shape index (κ1) is 13.5. The lowest BCUT2D eigenvalue weighted by atomic mass is 10.1. The predicted molar refractivity (Wildman–Crippen MR) is 81.4 cm³/mol. The van der Waals surface area contributed by atoms with Crippen molar-refractivity contribution in [2.45, 2.75) is 20.0 Å². The van der Waals surface area contributed by atoms with Gasteiger partial charge >= 0.3 is 0 Å². The first-order valence-corrected chi connectivity index (χ1v) is 6.87. The Kier molecular flexibility index (Phi) is 3.75. The second-order valence-electron chi connectivity index (χ2n) is 5.05. The van der Waals surface area contributed by atoms with Crippen molar-refractivity contribution in [2.24, 2.45) is 5.73 Å². The third-order valence-corrected chi connectivity index (χ3v) is 3.40. The first-order valence-electron chi connectivity index (χ1n) is 6.87. The Labute approximate surface area is 123 Å². The minimum atomic E-state index is 0.555.